The highest BCUT2D eigenvalue weighted by molar-refractivity contribution is 5.16. The quantitative estimate of drug-likeness (QED) is 0.814. The summed E-state index contributed by atoms with van der Waals surface area (Å²) in [4.78, 5) is 6.18. The number of nitrogens with zero attached hydrogens (tertiary/aromatic N) is 2. The molecule has 0 radical (unpaired) electrons. The van der Waals surface area contributed by atoms with Crippen molar-refractivity contribution in [2.75, 3.05) is 26.2 Å². The van der Waals surface area contributed by atoms with Gasteiger partial charge in [-0.15, -0.1) is 0 Å². The van der Waals surface area contributed by atoms with E-state index in [1.165, 1.54) is 6.20 Å². The molecule has 0 aromatic carbocycles. The Labute approximate surface area is 108 Å². The molecule has 0 saturated carbocycles. The second-order valence-corrected chi connectivity index (χ2v) is 4.83. The molecule has 1 aliphatic heterocycles. The molecule has 4 heteroatoms. The maximum absolute atomic E-state index is 13.9. The molecule has 1 aromatic rings. The van der Waals surface area contributed by atoms with Crippen LogP contribution in [-0.2, 0) is 0 Å². The van der Waals surface area contributed by atoms with E-state index in [-0.39, 0.29) is 12.0 Å². The summed E-state index contributed by atoms with van der Waals surface area (Å²) in [5.74, 6) is -0.308. The second kappa shape index (κ2) is 6.81. The van der Waals surface area contributed by atoms with Crippen LogP contribution in [0.25, 0.3) is 0 Å². The van der Waals surface area contributed by atoms with Gasteiger partial charge in [-0.05, 0) is 12.5 Å². The molecule has 18 heavy (non-hydrogen) atoms. The fourth-order valence-corrected chi connectivity index (χ4v) is 2.57. The summed E-state index contributed by atoms with van der Waals surface area (Å²) in [6, 6.07) is 3.89. The maximum atomic E-state index is 13.9. The lowest BCUT2D eigenvalue weighted by Gasteiger charge is -2.35. The topological polar surface area (TPSA) is 28.2 Å². The Bertz CT molecular complexity index is 364. The van der Waals surface area contributed by atoms with Gasteiger partial charge < -0.3 is 5.32 Å². The fraction of sp³-hybridized carbons (Fsp3) is 0.643. The lowest BCUT2D eigenvalue weighted by molar-refractivity contribution is 0.159. The van der Waals surface area contributed by atoms with Crippen LogP contribution in [0.3, 0.4) is 0 Å². The molecular formula is C14H22FN3. The first-order valence-corrected chi connectivity index (χ1v) is 6.88. The zero-order valence-corrected chi connectivity index (χ0v) is 11.0. The average Bonchev–Trinajstić information content (AvgIpc) is 2.42. The van der Waals surface area contributed by atoms with Crippen molar-refractivity contribution in [3.63, 3.8) is 0 Å². The Kier molecular flexibility index (Phi) is 5.08. The first-order valence-electron chi connectivity index (χ1n) is 6.88. The Balaban J connectivity index is 2.15. The number of nitrogens with one attached hydrogen (secondary N) is 1. The number of hydrogen-bond acceptors (Lipinski definition) is 3. The Morgan fingerprint density at radius 3 is 2.89 bits per heavy atom. The van der Waals surface area contributed by atoms with Crippen molar-refractivity contribution in [1.29, 1.82) is 0 Å². The number of pyridine rings is 1. The van der Waals surface area contributed by atoms with Crippen LogP contribution in [0.1, 0.15) is 37.8 Å². The molecule has 2 rings (SSSR count). The van der Waals surface area contributed by atoms with Gasteiger partial charge in [0.25, 0.3) is 0 Å². The molecule has 0 aliphatic carbocycles. The molecule has 0 unspecified atom stereocenters. The van der Waals surface area contributed by atoms with Crippen molar-refractivity contribution < 1.29 is 4.39 Å². The first-order chi connectivity index (χ1) is 8.83. The zero-order chi connectivity index (χ0) is 12.8. The van der Waals surface area contributed by atoms with Gasteiger partial charge in [0.1, 0.15) is 0 Å². The Morgan fingerprint density at radius 1 is 1.44 bits per heavy atom. The second-order valence-electron chi connectivity index (χ2n) is 4.83. The summed E-state index contributed by atoms with van der Waals surface area (Å²) in [6.07, 6.45) is 4.81. The summed E-state index contributed by atoms with van der Waals surface area (Å²) in [5, 5.41) is 3.34. The van der Waals surface area contributed by atoms with Gasteiger partial charge in [0.15, 0.2) is 0 Å². The molecule has 0 bridgehead atoms. The number of halogens is 1. The number of rotatable bonds is 5. The highest BCUT2D eigenvalue weighted by Gasteiger charge is 2.24. The number of aromatic nitrogens is 1. The highest BCUT2D eigenvalue weighted by atomic mass is 19.1. The molecule has 2 heterocycles. The third kappa shape index (κ3) is 3.27. The molecule has 1 N–H and O–H groups in total. The van der Waals surface area contributed by atoms with E-state index >= 15 is 0 Å². The summed E-state index contributed by atoms with van der Waals surface area (Å²) < 4.78 is 13.9. The largest absolute Gasteiger partial charge is 0.314 e. The van der Waals surface area contributed by atoms with Crippen molar-refractivity contribution in [2.24, 2.45) is 0 Å². The lowest BCUT2D eigenvalue weighted by atomic mass is 10.00. The molecule has 1 fully saturated rings. The molecular weight excluding hydrogens is 229 g/mol. The van der Waals surface area contributed by atoms with Gasteiger partial charge in [-0.25, -0.2) is 4.98 Å². The van der Waals surface area contributed by atoms with Gasteiger partial charge in [0.05, 0.1) is 0 Å². The van der Waals surface area contributed by atoms with E-state index in [1.807, 2.05) is 12.1 Å². The highest BCUT2D eigenvalue weighted by Crippen LogP contribution is 2.27. The third-order valence-corrected chi connectivity index (χ3v) is 3.57. The van der Waals surface area contributed by atoms with Crippen LogP contribution in [0.2, 0.25) is 0 Å². The van der Waals surface area contributed by atoms with Crippen molar-refractivity contribution in [2.45, 2.75) is 32.2 Å². The van der Waals surface area contributed by atoms with Crippen LogP contribution >= 0.6 is 0 Å². The number of unbranched alkanes of at least 4 members (excludes halogenated alkanes) is 1. The first kappa shape index (κ1) is 13.4. The van der Waals surface area contributed by atoms with E-state index in [4.69, 9.17) is 0 Å². The van der Waals surface area contributed by atoms with Crippen molar-refractivity contribution in [1.82, 2.24) is 15.2 Å². The number of piperazine rings is 1. The standard InChI is InChI=1S/C14H22FN3/c1-2-3-6-13(18-10-8-16-9-11-18)12-5-4-7-17-14(12)15/h4-5,7,13,16H,2-3,6,8-11H2,1H3/t13-/m1/s1. The number of hydrogen-bond donors (Lipinski definition) is 1. The molecule has 1 aliphatic rings. The predicted octanol–water partition coefficient (Wildman–Crippen LogP) is 2.36. The summed E-state index contributed by atoms with van der Waals surface area (Å²) in [5.41, 5.74) is 0.757. The molecule has 0 spiro atoms. The molecule has 1 atom stereocenters. The van der Waals surface area contributed by atoms with Crippen molar-refractivity contribution in [3.05, 3.63) is 29.8 Å². The van der Waals surface area contributed by atoms with Crippen LogP contribution in [0.15, 0.2) is 18.3 Å². The lowest BCUT2D eigenvalue weighted by Crippen LogP contribution is -2.45. The minimum Gasteiger partial charge on any atom is -0.314 e. The van der Waals surface area contributed by atoms with E-state index in [1.54, 1.807) is 0 Å². The smallest absolute Gasteiger partial charge is 0.217 e. The van der Waals surface area contributed by atoms with Crippen LogP contribution in [0, 0.1) is 5.95 Å². The SMILES string of the molecule is CCCC[C@H](c1cccnc1F)N1CCNCC1. The molecule has 0 amide bonds. The van der Waals surface area contributed by atoms with Crippen molar-refractivity contribution in [3.8, 4) is 0 Å². The molecule has 1 aromatic heterocycles. The van der Waals surface area contributed by atoms with Crippen LogP contribution in [-0.4, -0.2) is 36.1 Å². The summed E-state index contributed by atoms with van der Waals surface area (Å²) >= 11 is 0. The van der Waals surface area contributed by atoms with Crippen LogP contribution in [0.5, 0.6) is 0 Å². The van der Waals surface area contributed by atoms with Gasteiger partial charge in [-0.3, -0.25) is 4.90 Å². The molecule has 1 saturated heterocycles. The van der Waals surface area contributed by atoms with Crippen LogP contribution in [0.4, 0.5) is 4.39 Å². The van der Waals surface area contributed by atoms with E-state index in [0.717, 1.165) is 51.0 Å². The molecule has 100 valence electrons. The summed E-state index contributed by atoms with van der Waals surface area (Å²) in [6.45, 7) is 6.13. The van der Waals surface area contributed by atoms with Crippen LogP contribution < -0.4 is 5.32 Å². The van der Waals surface area contributed by atoms with E-state index in [0.29, 0.717) is 0 Å². The zero-order valence-electron chi connectivity index (χ0n) is 11.0. The average molecular weight is 251 g/mol. The van der Waals surface area contributed by atoms with Gasteiger partial charge in [-0.2, -0.15) is 4.39 Å². The maximum Gasteiger partial charge on any atom is 0.217 e. The van der Waals surface area contributed by atoms with E-state index in [9.17, 15) is 4.39 Å². The predicted molar refractivity (Wildman–Crippen MR) is 70.9 cm³/mol. The van der Waals surface area contributed by atoms with E-state index in [2.05, 4.69) is 22.1 Å². The van der Waals surface area contributed by atoms with Gasteiger partial charge >= 0.3 is 0 Å². The van der Waals surface area contributed by atoms with Gasteiger partial charge in [-0.1, -0.05) is 25.8 Å². The normalized spacial score (nSPS) is 18.8. The Morgan fingerprint density at radius 2 is 2.22 bits per heavy atom. The minimum absolute atomic E-state index is 0.181. The molecule has 3 nitrogen and oxygen atoms in total. The van der Waals surface area contributed by atoms with Gasteiger partial charge in [0.2, 0.25) is 5.95 Å². The third-order valence-electron chi connectivity index (χ3n) is 3.57. The fourth-order valence-electron chi connectivity index (χ4n) is 2.57. The van der Waals surface area contributed by atoms with Crippen molar-refractivity contribution >= 4 is 0 Å². The van der Waals surface area contributed by atoms with Gasteiger partial charge in [0, 0.05) is 44.0 Å². The Hall–Kier alpha value is -1.00. The minimum atomic E-state index is -0.308. The van der Waals surface area contributed by atoms with E-state index < -0.39 is 0 Å². The monoisotopic (exact) mass is 251 g/mol. The summed E-state index contributed by atoms with van der Waals surface area (Å²) in [7, 11) is 0.